The van der Waals surface area contributed by atoms with E-state index in [4.69, 9.17) is 43.8 Å². The van der Waals surface area contributed by atoms with Crippen LogP contribution in [0.15, 0.2) is 213 Å². The number of carboxylic acids is 3. The van der Waals surface area contributed by atoms with Gasteiger partial charge in [-0.25, -0.2) is 19.2 Å². The third-order valence-electron chi connectivity index (χ3n) is 11.6. The molecule has 0 spiro atoms. The summed E-state index contributed by atoms with van der Waals surface area (Å²) in [6.45, 7) is 1.93. The Bertz CT molecular complexity index is 3660. The summed E-state index contributed by atoms with van der Waals surface area (Å²) in [5.74, 6) is -4.31. The molecule has 4 heterocycles. The van der Waals surface area contributed by atoms with E-state index in [9.17, 15) is 58.2 Å². The number of aromatic carboxylic acids is 2. The molecule has 13 N–H and O–H groups in total. The third-order valence-corrected chi connectivity index (χ3v) is 11.6. The van der Waals surface area contributed by atoms with Crippen LogP contribution in [0.25, 0.3) is 24.3 Å². The van der Waals surface area contributed by atoms with Crippen LogP contribution in [-0.2, 0) is 33.5 Å². The van der Waals surface area contributed by atoms with Gasteiger partial charge in [-0.3, -0.25) is 28.8 Å². The van der Waals surface area contributed by atoms with Crippen LogP contribution in [0.3, 0.4) is 0 Å². The maximum Gasteiger partial charge on any atom is 0.335 e. The summed E-state index contributed by atoms with van der Waals surface area (Å²) in [6, 6.07) is 35.3. The topological polar surface area (TPSA) is 440 Å². The zero-order chi connectivity index (χ0) is 68.2. The molecule has 0 unspecified atom stereocenters. The molecule has 27 heteroatoms. The first-order valence-corrected chi connectivity index (χ1v) is 27.3. The van der Waals surface area contributed by atoms with Gasteiger partial charge in [-0.1, -0.05) is 0 Å². The third kappa shape index (κ3) is 27.6. The van der Waals surface area contributed by atoms with Crippen LogP contribution in [0.5, 0.6) is 0 Å². The van der Waals surface area contributed by atoms with Crippen molar-refractivity contribution in [1.82, 2.24) is 10.6 Å². The number of nitrogens with one attached hydrogen (secondary N) is 5. The minimum absolute atomic E-state index is 0.170. The standard InChI is InChI=1S/2C19H20N2O6.C14H11NO4.C7H7NO2.C7H6O3/c1-12(22)17(19(25)26-2)21-18(24)13-5-7-14(8-6-13)20-16(23)10-9-15-4-3-11-27-15;1-12(23)18(16(24)11-22)21-19(26)13-4-6-14(7-5-13)20-17(25)9-8-15-3-2-10-27-15;16-13(8-7-12-2-1-9-19-12)15-11-5-3-10(4-6-11)14(17)18;8-6-3-1-5(2-4-6)7(9)10;8-7(9)4-3-6-2-1-5-10-6/h3-12,17,22H,1-2H3,(H,20,23)(H,21,24);2-10,12,18,22-23H,11H2,1H3,(H,20,25)(H,21,26);1-9H,(H,15,16)(H,17,18);1-4H,8H2,(H,9,10);1-5H,(H,8,9)/b10-9+;9-8+;8-7+;;4-3+/t12-,17+;12-,18+;;;/m11.../s1. The second-order valence-electron chi connectivity index (χ2n) is 18.7. The Morgan fingerprint density at radius 1 is 0.452 bits per heavy atom. The quantitative estimate of drug-likeness (QED) is 0.0177. The predicted octanol–water partition coefficient (Wildman–Crippen LogP) is 7.53. The SMILES string of the molecule is COC(=O)[C@@H](NC(=O)c1ccc(NC(=O)/C=C/c2ccco2)cc1)[C@@H](C)O.C[C@@H](O)[C@H](NC(=O)c1ccc(NC(=O)/C=C/c2ccco2)cc1)C(=O)CO.Nc1ccc(C(=O)O)cc1.O=C(/C=C/c1ccco1)Nc1ccc(C(=O)O)cc1.O=C(O)/C=C/c1ccco1. The number of aliphatic carboxylic acids is 1. The number of Topliss-reactive ketones (excluding diaryl/α,β-unsaturated/α-hetero) is 1. The molecule has 8 aromatic rings. The van der Waals surface area contributed by atoms with Crippen molar-refractivity contribution < 1.29 is 101 Å². The van der Waals surface area contributed by atoms with Crippen LogP contribution in [0.2, 0.25) is 0 Å². The fourth-order valence-electron chi connectivity index (χ4n) is 6.98. The fourth-order valence-corrected chi connectivity index (χ4v) is 6.98. The molecule has 4 aromatic carbocycles. The maximum absolute atomic E-state index is 12.2. The first kappa shape index (κ1) is 73.0. The van der Waals surface area contributed by atoms with E-state index < -0.39 is 72.4 Å². The average Bonchev–Trinajstić information content (AvgIpc) is 2.32. The van der Waals surface area contributed by atoms with Gasteiger partial charge in [-0.15, -0.1) is 0 Å². The van der Waals surface area contributed by atoms with Crippen molar-refractivity contribution in [3.05, 3.63) is 240 Å². The number of nitrogen functional groups attached to an aromatic ring is 1. The number of anilines is 4. The van der Waals surface area contributed by atoms with E-state index in [1.807, 2.05) is 0 Å². The molecule has 5 amide bonds. The summed E-state index contributed by atoms with van der Waals surface area (Å²) >= 11 is 0. The van der Waals surface area contributed by atoms with Crippen molar-refractivity contribution in [3.63, 3.8) is 0 Å². The molecule has 0 saturated carbocycles. The van der Waals surface area contributed by atoms with Crippen LogP contribution in [-0.4, -0.2) is 128 Å². The Balaban J connectivity index is 0.000000261. The first-order chi connectivity index (χ1) is 44.4. The van der Waals surface area contributed by atoms with Crippen molar-refractivity contribution in [1.29, 1.82) is 0 Å². The maximum atomic E-state index is 12.2. The van der Waals surface area contributed by atoms with E-state index in [-0.39, 0.29) is 40.0 Å². The number of nitrogens with two attached hydrogens (primary N) is 1. The van der Waals surface area contributed by atoms with Crippen LogP contribution < -0.4 is 32.3 Å². The molecule has 0 fully saturated rings. The lowest BCUT2D eigenvalue weighted by Gasteiger charge is -2.19. The number of carboxylic acid groups (broad SMARTS) is 3. The number of ether oxygens (including phenoxy) is 1. The highest BCUT2D eigenvalue weighted by atomic mass is 16.5. The van der Waals surface area contributed by atoms with Crippen LogP contribution >= 0.6 is 0 Å². The summed E-state index contributed by atoms with van der Waals surface area (Å²) in [5.41, 5.74) is 8.31. The Morgan fingerprint density at radius 3 is 1.02 bits per heavy atom. The monoisotopic (exact) mass is 1280 g/mol. The van der Waals surface area contributed by atoms with Crippen LogP contribution in [0, 0.1) is 0 Å². The molecule has 484 valence electrons. The molecule has 0 saturated heterocycles. The van der Waals surface area contributed by atoms with E-state index in [1.165, 1.54) is 155 Å². The van der Waals surface area contributed by atoms with E-state index in [1.54, 1.807) is 78.9 Å². The lowest BCUT2D eigenvalue weighted by molar-refractivity contribution is -0.145. The second kappa shape index (κ2) is 38.7. The van der Waals surface area contributed by atoms with Crippen LogP contribution in [0.1, 0.15) is 78.3 Å². The Morgan fingerprint density at radius 2 is 0.753 bits per heavy atom. The van der Waals surface area contributed by atoms with Crippen molar-refractivity contribution in [3.8, 4) is 0 Å². The van der Waals surface area contributed by atoms with Gasteiger partial charge in [-0.2, -0.15) is 0 Å². The zero-order valence-electron chi connectivity index (χ0n) is 49.7. The lowest BCUT2D eigenvalue weighted by Crippen LogP contribution is -2.48. The Labute approximate surface area is 529 Å². The van der Waals surface area contributed by atoms with Gasteiger partial charge in [-0.05, 0) is 184 Å². The fraction of sp³-hybridized carbons (Fsp3) is 0.121. The first-order valence-electron chi connectivity index (χ1n) is 27.3. The number of hydrogen-bond acceptors (Lipinski definition) is 19. The largest absolute Gasteiger partial charge is 0.478 e. The van der Waals surface area contributed by atoms with E-state index in [2.05, 4.69) is 31.3 Å². The smallest absolute Gasteiger partial charge is 0.335 e. The van der Waals surface area contributed by atoms with Gasteiger partial charge in [0.1, 0.15) is 35.7 Å². The second-order valence-corrected chi connectivity index (χ2v) is 18.7. The highest BCUT2D eigenvalue weighted by Crippen LogP contribution is 2.15. The van der Waals surface area contributed by atoms with Crippen molar-refractivity contribution in [2.75, 3.05) is 35.4 Å². The van der Waals surface area contributed by atoms with E-state index in [0.29, 0.717) is 45.8 Å². The molecule has 93 heavy (non-hydrogen) atoms. The minimum Gasteiger partial charge on any atom is -0.478 e. The highest BCUT2D eigenvalue weighted by molar-refractivity contribution is 6.04. The minimum atomic E-state index is -1.20. The number of benzene rings is 4. The molecule has 0 aliphatic heterocycles. The van der Waals surface area contributed by atoms with E-state index in [0.717, 1.165) is 6.08 Å². The number of furan rings is 4. The van der Waals surface area contributed by atoms with Gasteiger partial charge < -0.3 is 85.4 Å². The number of aliphatic hydroxyl groups excluding tert-OH is 3. The average molecular weight is 1280 g/mol. The van der Waals surface area contributed by atoms with Gasteiger partial charge in [0, 0.05) is 58.2 Å². The number of amides is 5. The summed E-state index contributed by atoms with van der Waals surface area (Å²) < 4.78 is 24.6. The van der Waals surface area contributed by atoms with Crippen LogP contribution in [0.4, 0.5) is 22.7 Å². The molecule has 27 nitrogen and oxygen atoms in total. The molecular weight excluding hydrogens is 1210 g/mol. The normalized spacial score (nSPS) is 11.8. The molecule has 4 atom stereocenters. The van der Waals surface area contributed by atoms with Gasteiger partial charge in [0.2, 0.25) is 17.7 Å². The number of carbonyl (C=O) groups is 10. The molecule has 8 rings (SSSR count). The Kier molecular flexibility index (Phi) is 30.4. The highest BCUT2D eigenvalue weighted by Gasteiger charge is 2.27. The van der Waals surface area contributed by atoms with Crippen molar-refractivity contribution >= 4 is 106 Å². The summed E-state index contributed by atoms with van der Waals surface area (Å²) in [7, 11) is 1.17. The number of aliphatic hydroxyl groups is 3. The van der Waals surface area contributed by atoms with Crippen molar-refractivity contribution in [2.45, 2.75) is 38.1 Å². The van der Waals surface area contributed by atoms with Crippen molar-refractivity contribution in [2.24, 2.45) is 0 Å². The van der Waals surface area contributed by atoms with Gasteiger partial charge in [0.05, 0.1) is 55.5 Å². The number of ketones is 1. The number of methoxy groups -OCH3 is 1. The predicted molar refractivity (Wildman–Crippen MR) is 339 cm³/mol. The summed E-state index contributed by atoms with van der Waals surface area (Å²) in [6.07, 6.45) is 14.7. The molecule has 4 aromatic heterocycles. The van der Waals surface area contributed by atoms with Gasteiger partial charge in [0.15, 0.2) is 11.8 Å². The van der Waals surface area contributed by atoms with Gasteiger partial charge >= 0.3 is 23.9 Å². The molecule has 0 bridgehead atoms. The number of esters is 1. The zero-order valence-corrected chi connectivity index (χ0v) is 49.7. The van der Waals surface area contributed by atoms with Gasteiger partial charge in [0.25, 0.3) is 11.8 Å². The molecular formula is C66H64N6O21. The Hall–Kier alpha value is -12.5. The van der Waals surface area contributed by atoms with E-state index >= 15 is 0 Å². The number of rotatable bonds is 22. The number of hydrogen-bond donors (Lipinski definition) is 12. The number of carbonyl (C=O) groups excluding carboxylic acids is 7. The lowest BCUT2D eigenvalue weighted by atomic mass is 10.1. The molecule has 0 aliphatic carbocycles. The molecule has 0 radical (unpaired) electrons. The summed E-state index contributed by atoms with van der Waals surface area (Å²) in [4.78, 5) is 114. The molecule has 0 aliphatic rings. The summed E-state index contributed by atoms with van der Waals surface area (Å²) in [5, 5.41) is 66.1.